The molecule has 0 heterocycles. The Hall–Kier alpha value is -2.24. The first kappa shape index (κ1) is 24.9. The van der Waals surface area contributed by atoms with E-state index in [9.17, 15) is 23.1 Å². The molecule has 0 bridgehead atoms. The number of fused-ring (bicyclic) bond motifs is 1. The van der Waals surface area contributed by atoms with Crippen molar-refractivity contribution < 1.29 is 27.8 Å². The Morgan fingerprint density at radius 3 is 2.38 bits per heavy atom. The molecule has 0 spiro atoms. The number of aliphatic carboxylic acids is 1. The first-order valence-corrected chi connectivity index (χ1v) is 12.4. The molecular weight excluding hydrogens is 441 g/mol. The predicted molar refractivity (Wildman–Crippen MR) is 127 cm³/mol. The van der Waals surface area contributed by atoms with Crippen molar-refractivity contribution in [1.82, 2.24) is 0 Å². The molecule has 0 unspecified atom stereocenters. The maximum atomic E-state index is 14.3. The summed E-state index contributed by atoms with van der Waals surface area (Å²) in [6, 6.07) is 8.51. The van der Waals surface area contributed by atoms with E-state index in [-0.39, 0.29) is 40.4 Å². The number of carbonyl (C=O) groups is 1. The van der Waals surface area contributed by atoms with Gasteiger partial charge in [-0.2, -0.15) is 13.2 Å². The van der Waals surface area contributed by atoms with Crippen molar-refractivity contribution in [3.63, 3.8) is 0 Å². The zero-order chi connectivity index (χ0) is 24.8. The molecule has 1 N–H and O–H groups in total. The van der Waals surface area contributed by atoms with Gasteiger partial charge in [0.2, 0.25) is 0 Å². The van der Waals surface area contributed by atoms with Crippen molar-refractivity contribution in [3.8, 4) is 5.75 Å². The molecule has 2 aromatic rings. The first-order chi connectivity index (χ1) is 15.9. The molecule has 2 aliphatic rings. The van der Waals surface area contributed by atoms with E-state index in [2.05, 4.69) is 6.92 Å². The molecule has 6 heteroatoms. The lowest BCUT2D eigenvalue weighted by atomic mass is 9.53. The summed E-state index contributed by atoms with van der Waals surface area (Å²) in [7, 11) is 0. The average molecular weight is 477 g/mol. The van der Waals surface area contributed by atoms with Crippen LogP contribution in [0.15, 0.2) is 30.3 Å². The standard InChI is InChI=1S/C28H35F3O3/c1-16-5-10-21(11-6-16)34-24-12-9-18-7-8-19(14-22(18)25(24)28(29,30)31)17(2)13-20-15-23(26(32)33)27(20,3)4/h7-9,12,14,16-17,20-21,23H,5-6,10-11,13,15H2,1-4H3,(H,32,33)/t16?,17-,20+,21?,23+/m1/s1. The van der Waals surface area contributed by atoms with Crippen molar-refractivity contribution in [2.45, 2.75) is 84.4 Å². The van der Waals surface area contributed by atoms with Crippen LogP contribution in [0, 0.1) is 23.2 Å². The highest BCUT2D eigenvalue weighted by Gasteiger charge is 2.51. The number of carboxylic acids is 1. The summed E-state index contributed by atoms with van der Waals surface area (Å²) >= 11 is 0. The van der Waals surface area contributed by atoms with Gasteiger partial charge in [-0.3, -0.25) is 4.79 Å². The second kappa shape index (κ2) is 9.09. The van der Waals surface area contributed by atoms with Crippen LogP contribution in [0.3, 0.4) is 0 Å². The van der Waals surface area contributed by atoms with E-state index in [4.69, 9.17) is 4.74 Å². The molecule has 0 aromatic heterocycles. The third kappa shape index (κ3) is 4.78. The normalized spacial score (nSPS) is 27.7. The lowest BCUT2D eigenvalue weighted by Gasteiger charge is -2.51. The van der Waals surface area contributed by atoms with Gasteiger partial charge in [0, 0.05) is 0 Å². The summed E-state index contributed by atoms with van der Waals surface area (Å²) in [4.78, 5) is 11.4. The maximum Gasteiger partial charge on any atom is 0.420 e. The van der Waals surface area contributed by atoms with Gasteiger partial charge in [0.1, 0.15) is 11.3 Å². The third-order valence-corrected chi connectivity index (χ3v) is 8.52. The summed E-state index contributed by atoms with van der Waals surface area (Å²) in [5.41, 5.74) is -0.157. The Morgan fingerprint density at radius 2 is 1.79 bits per heavy atom. The molecule has 2 saturated carbocycles. The fraction of sp³-hybridized carbons (Fsp3) is 0.607. The van der Waals surface area contributed by atoms with Crippen LogP contribution in [0.5, 0.6) is 5.75 Å². The Balaban J connectivity index is 1.62. The van der Waals surface area contributed by atoms with Crippen LogP contribution >= 0.6 is 0 Å². The zero-order valence-electron chi connectivity index (χ0n) is 20.4. The van der Waals surface area contributed by atoms with Crippen molar-refractivity contribution in [2.24, 2.45) is 23.2 Å². The van der Waals surface area contributed by atoms with E-state index >= 15 is 0 Å². The highest BCUT2D eigenvalue weighted by molar-refractivity contribution is 5.89. The number of rotatable bonds is 6. The molecule has 2 aromatic carbocycles. The number of benzene rings is 2. The number of halogens is 3. The molecule has 34 heavy (non-hydrogen) atoms. The summed E-state index contributed by atoms with van der Waals surface area (Å²) in [6.07, 6.45) is 0.169. The molecule has 4 rings (SSSR count). The van der Waals surface area contributed by atoms with E-state index in [0.717, 1.165) is 37.7 Å². The lowest BCUT2D eigenvalue weighted by Crippen LogP contribution is -2.49. The lowest BCUT2D eigenvalue weighted by molar-refractivity contribution is -0.159. The molecular formula is C28H35F3O3. The topological polar surface area (TPSA) is 46.5 Å². The SMILES string of the molecule is CC1CCC(Oc2ccc3ccc([C@H](C)C[C@H]4C[C@@H](C(=O)O)C4(C)C)cc3c2C(F)(F)F)CC1. The van der Waals surface area contributed by atoms with Crippen LogP contribution in [0.1, 0.15) is 83.3 Å². The monoisotopic (exact) mass is 476 g/mol. The van der Waals surface area contributed by atoms with E-state index < -0.39 is 17.7 Å². The maximum absolute atomic E-state index is 14.3. The average Bonchev–Trinajstić information content (AvgIpc) is 2.76. The van der Waals surface area contributed by atoms with Crippen LogP contribution in [0.2, 0.25) is 0 Å². The van der Waals surface area contributed by atoms with Crippen LogP contribution < -0.4 is 4.74 Å². The van der Waals surface area contributed by atoms with Gasteiger partial charge < -0.3 is 9.84 Å². The largest absolute Gasteiger partial charge is 0.490 e. The van der Waals surface area contributed by atoms with Gasteiger partial charge in [0.05, 0.1) is 12.0 Å². The van der Waals surface area contributed by atoms with Crippen LogP contribution in [0.4, 0.5) is 13.2 Å². The molecule has 0 radical (unpaired) electrons. The molecule has 2 aliphatic carbocycles. The van der Waals surface area contributed by atoms with Gasteiger partial charge in [0.15, 0.2) is 0 Å². The zero-order valence-corrected chi connectivity index (χ0v) is 20.4. The minimum absolute atomic E-state index is 0.0221. The number of ether oxygens (including phenoxy) is 1. The second-order valence-electron chi connectivity index (χ2n) is 11.2. The van der Waals surface area contributed by atoms with Crippen molar-refractivity contribution >= 4 is 16.7 Å². The van der Waals surface area contributed by atoms with Crippen molar-refractivity contribution in [2.75, 3.05) is 0 Å². The van der Waals surface area contributed by atoms with Gasteiger partial charge in [-0.25, -0.2) is 0 Å². The number of hydrogen-bond donors (Lipinski definition) is 1. The van der Waals surface area contributed by atoms with Gasteiger partial charge >= 0.3 is 12.1 Å². The van der Waals surface area contributed by atoms with Gasteiger partial charge in [-0.1, -0.05) is 52.0 Å². The van der Waals surface area contributed by atoms with Crippen molar-refractivity contribution in [1.29, 1.82) is 0 Å². The van der Waals surface area contributed by atoms with E-state index in [1.54, 1.807) is 18.2 Å². The van der Waals surface area contributed by atoms with Crippen LogP contribution in [0.25, 0.3) is 10.8 Å². The minimum atomic E-state index is -4.52. The molecule has 0 amide bonds. The van der Waals surface area contributed by atoms with E-state index in [1.807, 2.05) is 26.8 Å². The Morgan fingerprint density at radius 1 is 1.15 bits per heavy atom. The molecule has 3 atom stereocenters. The Bertz CT molecular complexity index is 1050. The van der Waals surface area contributed by atoms with Gasteiger partial charge in [-0.05, 0) is 84.1 Å². The Kier molecular flexibility index (Phi) is 6.65. The van der Waals surface area contributed by atoms with Crippen molar-refractivity contribution in [3.05, 3.63) is 41.5 Å². The van der Waals surface area contributed by atoms with Gasteiger partial charge in [0.25, 0.3) is 0 Å². The summed E-state index contributed by atoms with van der Waals surface area (Å²) < 4.78 is 48.8. The fourth-order valence-electron chi connectivity index (χ4n) is 5.94. The fourth-order valence-corrected chi connectivity index (χ4v) is 5.94. The molecule has 0 aliphatic heterocycles. The summed E-state index contributed by atoms with van der Waals surface area (Å²) in [5, 5.41) is 10.1. The first-order valence-electron chi connectivity index (χ1n) is 12.4. The third-order valence-electron chi connectivity index (χ3n) is 8.52. The van der Waals surface area contributed by atoms with Crippen LogP contribution in [-0.4, -0.2) is 17.2 Å². The Labute approximate surface area is 199 Å². The second-order valence-corrected chi connectivity index (χ2v) is 11.2. The number of alkyl halides is 3. The number of carboxylic acid groups (broad SMARTS) is 1. The van der Waals surface area contributed by atoms with Gasteiger partial charge in [-0.15, -0.1) is 0 Å². The molecule has 0 saturated heterocycles. The smallest absolute Gasteiger partial charge is 0.420 e. The highest BCUT2D eigenvalue weighted by Crippen LogP contribution is 2.55. The quantitative estimate of drug-likeness (QED) is 0.459. The predicted octanol–water partition coefficient (Wildman–Crippen LogP) is 8.06. The molecule has 3 nitrogen and oxygen atoms in total. The van der Waals surface area contributed by atoms with Crippen LogP contribution in [-0.2, 0) is 11.0 Å². The highest BCUT2D eigenvalue weighted by atomic mass is 19.4. The number of hydrogen-bond acceptors (Lipinski definition) is 2. The molecule has 2 fully saturated rings. The van der Waals surface area contributed by atoms with E-state index in [1.165, 1.54) is 6.07 Å². The summed E-state index contributed by atoms with van der Waals surface area (Å²) in [6.45, 7) is 8.14. The van der Waals surface area contributed by atoms with E-state index in [0.29, 0.717) is 17.7 Å². The summed E-state index contributed by atoms with van der Waals surface area (Å²) in [5.74, 6) is -0.364. The minimum Gasteiger partial charge on any atom is -0.490 e. The molecule has 186 valence electrons.